The van der Waals surface area contributed by atoms with Crippen molar-refractivity contribution in [2.45, 2.75) is 65.6 Å². The molecule has 2 heterocycles. The van der Waals surface area contributed by atoms with Crippen LogP contribution in [-0.4, -0.2) is 60.6 Å². The van der Waals surface area contributed by atoms with Gasteiger partial charge >= 0.3 is 16.3 Å². The molecule has 0 bridgehead atoms. The summed E-state index contributed by atoms with van der Waals surface area (Å²) in [6.07, 6.45) is 3.54. The number of aromatic nitrogens is 3. The second-order valence-electron chi connectivity index (χ2n) is 11.7. The van der Waals surface area contributed by atoms with E-state index in [4.69, 9.17) is 18.4 Å². The zero-order valence-corrected chi connectivity index (χ0v) is 30.1. The second-order valence-corrected chi connectivity index (χ2v) is 14.0. The molecule has 0 fully saturated rings. The van der Waals surface area contributed by atoms with Crippen molar-refractivity contribution in [1.82, 2.24) is 19.3 Å². The number of ether oxygens (including phenoxy) is 3. The number of benzene rings is 3. The highest BCUT2D eigenvalue weighted by Gasteiger charge is 2.29. The molecule has 1 aliphatic rings. The first kappa shape index (κ1) is 35.5. The molecule has 1 atom stereocenters. The Morgan fingerprint density at radius 3 is 2.60 bits per heavy atom. The van der Waals surface area contributed by atoms with Crippen LogP contribution in [0.3, 0.4) is 0 Å². The van der Waals surface area contributed by atoms with Crippen LogP contribution in [0.1, 0.15) is 65.5 Å². The van der Waals surface area contributed by atoms with E-state index in [0.717, 1.165) is 63.0 Å². The molecule has 1 aliphatic heterocycles. The molecule has 48 heavy (non-hydrogen) atoms. The molecule has 1 unspecified atom stereocenters. The zero-order valence-electron chi connectivity index (χ0n) is 27.6. The van der Waals surface area contributed by atoms with Crippen LogP contribution in [0.25, 0.3) is 11.0 Å². The lowest BCUT2D eigenvalue weighted by atomic mass is 9.84. The van der Waals surface area contributed by atoms with Crippen LogP contribution in [0, 0.1) is 13.8 Å². The van der Waals surface area contributed by atoms with Gasteiger partial charge in [0.1, 0.15) is 11.3 Å². The molecular formula is C35H41BrN4O7S. The molecule has 1 aromatic heterocycles. The maximum Gasteiger partial charge on any atom is 0.386 e. The summed E-state index contributed by atoms with van der Waals surface area (Å²) in [5.41, 5.74) is 7.28. The fraction of sp³-hybridized carbons (Fsp3) is 0.400. The molecule has 0 amide bonds. The van der Waals surface area contributed by atoms with Gasteiger partial charge in [-0.3, -0.25) is 4.79 Å². The lowest BCUT2D eigenvalue weighted by molar-refractivity contribution is -0.143. The molecule has 0 saturated heterocycles. The summed E-state index contributed by atoms with van der Waals surface area (Å²) in [4.78, 5) is 12.9. The van der Waals surface area contributed by atoms with E-state index < -0.39 is 10.3 Å². The minimum atomic E-state index is -3.94. The van der Waals surface area contributed by atoms with Crippen molar-refractivity contribution in [2.75, 3.05) is 26.9 Å². The number of halogens is 1. The van der Waals surface area contributed by atoms with Crippen molar-refractivity contribution in [1.29, 1.82) is 0 Å². The molecule has 13 heteroatoms. The van der Waals surface area contributed by atoms with Gasteiger partial charge in [0.15, 0.2) is 4.67 Å². The van der Waals surface area contributed by atoms with Gasteiger partial charge in [0.25, 0.3) is 0 Å². The molecule has 0 spiro atoms. The summed E-state index contributed by atoms with van der Waals surface area (Å²) in [7, 11) is -2.29. The Labute approximate surface area is 290 Å². The summed E-state index contributed by atoms with van der Waals surface area (Å²) in [5, 5.41) is 8.98. The Balaban J connectivity index is 1.31. The van der Waals surface area contributed by atoms with E-state index in [2.05, 4.69) is 26.2 Å². The van der Waals surface area contributed by atoms with Gasteiger partial charge in [-0.1, -0.05) is 41.6 Å². The topological polar surface area (TPSA) is 122 Å². The average Bonchev–Trinajstić information content (AvgIpc) is 3.48. The quantitative estimate of drug-likeness (QED) is 0.1000. The molecule has 0 N–H and O–H groups in total. The molecule has 0 saturated carbocycles. The highest BCUT2D eigenvalue weighted by Crippen LogP contribution is 2.35. The molecule has 0 radical (unpaired) electrons. The molecule has 3 aromatic carbocycles. The summed E-state index contributed by atoms with van der Waals surface area (Å²) in [5.74, 6) is 0.165. The zero-order chi connectivity index (χ0) is 34.3. The van der Waals surface area contributed by atoms with Crippen molar-refractivity contribution in [2.24, 2.45) is 0 Å². The molecule has 0 aliphatic carbocycles. The van der Waals surface area contributed by atoms with Crippen molar-refractivity contribution < 1.29 is 31.6 Å². The van der Waals surface area contributed by atoms with Gasteiger partial charge in [0, 0.05) is 32.2 Å². The van der Waals surface area contributed by atoms with Crippen LogP contribution in [0.2, 0.25) is 0 Å². The van der Waals surface area contributed by atoms with Crippen molar-refractivity contribution in [3.05, 3.63) is 98.7 Å². The summed E-state index contributed by atoms with van der Waals surface area (Å²) in [6, 6.07) is 17.8. The number of carbonyl (C=O) groups excluding carboxylic acids is 1. The van der Waals surface area contributed by atoms with Crippen molar-refractivity contribution in [3.8, 4) is 5.75 Å². The molecule has 11 nitrogen and oxygen atoms in total. The van der Waals surface area contributed by atoms with Crippen LogP contribution >= 0.6 is 15.9 Å². The third-order valence-electron chi connectivity index (χ3n) is 8.45. The van der Waals surface area contributed by atoms with E-state index in [1.807, 2.05) is 73.1 Å². The van der Waals surface area contributed by atoms with Crippen LogP contribution in [0.5, 0.6) is 5.75 Å². The van der Waals surface area contributed by atoms with Gasteiger partial charge in [0.2, 0.25) is 0 Å². The van der Waals surface area contributed by atoms with E-state index in [1.54, 1.807) is 20.1 Å². The number of nitrogens with zero attached hydrogens (tertiary/aromatic N) is 4. The average molecular weight is 742 g/mol. The van der Waals surface area contributed by atoms with Crippen molar-refractivity contribution in [3.63, 3.8) is 0 Å². The number of esters is 1. The summed E-state index contributed by atoms with van der Waals surface area (Å²) < 4.78 is 50.2. The fourth-order valence-corrected chi connectivity index (χ4v) is 7.34. The lowest BCUT2D eigenvalue weighted by Gasteiger charge is -2.25. The number of carbonyl (C=O) groups is 1. The molecular weight excluding hydrogens is 700 g/mol. The van der Waals surface area contributed by atoms with E-state index in [-0.39, 0.29) is 42.7 Å². The molecule has 4 aromatic rings. The van der Waals surface area contributed by atoms with Crippen LogP contribution in [0.4, 0.5) is 0 Å². The minimum Gasteiger partial charge on any atom is -0.497 e. The first-order chi connectivity index (χ1) is 23.1. The van der Waals surface area contributed by atoms with Gasteiger partial charge in [-0.15, -0.1) is 5.10 Å². The van der Waals surface area contributed by atoms with Gasteiger partial charge in [-0.25, -0.2) is 4.68 Å². The Morgan fingerprint density at radius 1 is 1.08 bits per heavy atom. The number of hydrogen-bond acceptors (Lipinski definition) is 9. The second kappa shape index (κ2) is 16.1. The van der Waals surface area contributed by atoms with Crippen LogP contribution < -0.4 is 4.74 Å². The van der Waals surface area contributed by atoms with E-state index in [9.17, 15) is 13.2 Å². The third kappa shape index (κ3) is 8.62. The Hall–Kier alpha value is -3.78. The monoisotopic (exact) mass is 740 g/mol. The van der Waals surface area contributed by atoms with Gasteiger partial charge in [0.05, 0.1) is 32.3 Å². The SMILES string of the molecule is CCOC(=O)CC(c1ccc(C)c(CN2CC=C(Br)OS2(=O)=O)c1)c1ccc2c(nnn2CCCCOCc2ccc(OC)cc2)c1C. The first-order valence-electron chi connectivity index (χ1n) is 15.9. The number of methoxy groups -OCH3 is 1. The third-order valence-corrected chi connectivity index (χ3v) is 10.4. The van der Waals surface area contributed by atoms with Gasteiger partial charge in [-0.2, -0.15) is 12.7 Å². The predicted octanol–water partition coefficient (Wildman–Crippen LogP) is 6.45. The number of fused-ring (bicyclic) bond motifs is 1. The highest BCUT2D eigenvalue weighted by molar-refractivity contribution is 9.11. The standard InChI is InChI=1S/C35H41BrN4O7S/c1-5-46-34(41)21-31(27-11-8-24(2)28(20-27)22-39-18-16-33(36)47-48(39,42)43)30-14-15-32-35(25(30)3)37-38-40(32)17-6-7-19-45-23-26-9-12-29(44-4)13-10-26/h8-16,20,31H,5-7,17-19,21-23H2,1-4H3. The van der Waals surface area contributed by atoms with Crippen LogP contribution in [0.15, 0.2) is 65.3 Å². The normalized spacial score (nSPS) is 15.1. The summed E-state index contributed by atoms with van der Waals surface area (Å²) in [6.45, 7) is 8.20. The highest BCUT2D eigenvalue weighted by atomic mass is 79.9. The predicted molar refractivity (Wildman–Crippen MR) is 186 cm³/mol. The summed E-state index contributed by atoms with van der Waals surface area (Å²) >= 11 is 3.11. The minimum absolute atomic E-state index is 0.119. The number of unbranched alkanes of at least 4 members (excludes halogenated alkanes) is 1. The van der Waals surface area contributed by atoms with E-state index in [0.29, 0.717) is 19.8 Å². The number of rotatable bonds is 15. The van der Waals surface area contributed by atoms with Gasteiger partial charge < -0.3 is 18.4 Å². The first-order valence-corrected chi connectivity index (χ1v) is 18.1. The number of aryl methyl sites for hydroxylation is 3. The Kier molecular flexibility index (Phi) is 11.9. The smallest absolute Gasteiger partial charge is 0.386 e. The maximum atomic E-state index is 12.9. The Bertz CT molecular complexity index is 1880. The van der Waals surface area contributed by atoms with Crippen LogP contribution in [-0.2, 0) is 48.5 Å². The lowest BCUT2D eigenvalue weighted by Crippen LogP contribution is -2.35. The fourth-order valence-electron chi connectivity index (χ4n) is 5.76. The maximum absolute atomic E-state index is 12.9. The van der Waals surface area contributed by atoms with E-state index in [1.165, 1.54) is 4.31 Å². The van der Waals surface area contributed by atoms with Crippen molar-refractivity contribution >= 4 is 43.2 Å². The molecule has 5 rings (SSSR count). The Morgan fingerprint density at radius 2 is 1.88 bits per heavy atom. The largest absolute Gasteiger partial charge is 0.497 e. The molecule has 256 valence electrons. The van der Waals surface area contributed by atoms with E-state index >= 15 is 0 Å². The number of hydrogen-bond donors (Lipinski definition) is 0. The van der Waals surface area contributed by atoms with Gasteiger partial charge in [-0.05, 0) is 107 Å².